The molecule has 1 aliphatic heterocycles. The molecule has 0 radical (unpaired) electrons. The van der Waals surface area contributed by atoms with E-state index in [9.17, 15) is 14.7 Å². The Balaban J connectivity index is 1.84. The van der Waals surface area contributed by atoms with Gasteiger partial charge < -0.3 is 14.7 Å². The summed E-state index contributed by atoms with van der Waals surface area (Å²) in [6.07, 6.45) is 3.29. The van der Waals surface area contributed by atoms with Crippen molar-refractivity contribution in [1.29, 1.82) is 0 Å². The largest absolute Gasteiger partial charge is 0.507 e. The average Bonchev–Trinajstić information content (AvgIpc) is 3.05. The highest BCUT2D eigenvalue weighted by atomic mass is 16.5. The lowest BCUT2D eigenvalue weighted by molar-refractivity contribution is -0.140. The third kappa shape index (κ3) is 3.92. The van der Waals surface area contributed by atoms with Gasteiger partial charge in [0.2, 0.25) is 0 Å². The average molecular weight is 414 g/mol. The molecule has 1 saturated heterocycles. The molecule has 2 aromatic carbocycles. The maximum atomic E-state index is 13.0. The van der Waals surface area contributed by atoms with Gasteiger partial charge in [0.05, 0.1) is 18.7 Å². The van der Waals surface area contributed by atoms with E-state index in [-0.39, 0.29) is 17.9 Å². The van der Waals surface area contributed by atoms with Gasteiger partial charge in [0.15, 0.2) is 0 Å². The van der Waals surface area contributed by atoms with Gasteiger partial charge in [0, 0.05) is 24.5 Å². The van der Waals surface area contributed by atoms with Crippen molar-refractivity contribution in [2.75, 3.05) is 7.11 Å². The van der Waals surface area contributed by atoms with Gasteiger partial charge in [-0.1, -0.05) is 29.8 Å². The molecule has 156 valence electrons. The number of aliphatic hydroxyl groups excluding tert-OH is 1. The van der Waals surface area contributed by atoms with Crippen LogP contribution < -0.4 is 4.74 Å². The third-order valence-electron chi connectivity index (χ3n) is 5.40. The zero-order valence-electron chi connectivity index (χ0n) is 17.3. The predicted molar refractivity (Wildman–Crippen MR) is 116 cm³/mol. The molecule has 4 rings (SSSR count). The number of benzene rings is 2. The van der Waals surface area contributed by atoms with Crippen LogP contribution in [-0.4, -0.2) is 33.8 Å². The molecule has 2 heterocycles. The highest BCUT2D eigenvalue weighted by Gasteiger charge is 2.46. The van der Waals surface area contributed by atoms with Crippen molar-refractivity contribution in [3.05, 3.63) is 101 Å². The Morgan fingerprint density at radius 3 is 2.26 bits per heavy atom. The standard InChI is InChI=1S/C25H22N2O4/c1-16-3-5-18(6-4-16)22-21(23(28)19-7-9-20(31-2)10-8-19)24(29)25(30)27(22)15-17-11-13-26-14-12-17/h3-14,22,28H,15H2,1-2H3/t22-/m0/s1. The molecule has 31 heavy (non-hydrogen) atoms. The number of aliphatic hydroxyl groups is 1. The summed E-state index contributed by atoms with van der Waals surface area (Å²) in [5, 5.41) is 11.1. The van der Waals surface area contributed by atoms with Crippen LogP contribution in [0.25, 0.3) is 5.76 Å². The summed E-state index contributed by atoms with van der Waals surface area (Å²) in [5.74, 6) is -0.918. The zero-order valence-corrected chi connectivity index (χ0v) is 17.3. The number of aromatic nitrogens is 1. The Hall–Kier alpha value is -3.93. The molecular formula is C25H22N2O4. The topological polar surface area (TPSA) is 79.7 Å². The van der Waals surface area contributed by atoms with Crippen LogP contribution in [-0.2, 0) is 16.1 Å². The van der Waals surface area contributed by atoms with Gasteiger partial charge >= 0.3 is 0 Å². The number of methoxy groups -OCH3 is 1. The van der Waals surface area contributed by atoms with E-state index in [1.807, 2.05) is 31.2 Å². The number of nitrogens with zero attached hydrogens (tertiary/aromatic N) is 2. The fourth-order valence-electron chi connectivity index (χ4n) is 3.73. The van der Waals surface area contributed by atoms with Gasteiger partial charge in [-0.05, 0) is 54.4 Å². The number of Topliss-reactive ketones (excluding diaryl/α,β-unsaturated/α-hetero) is 1. The highest BCUT2D eigenvalue weighted by Crippen LogP contribution is 2.40. The van der Waals surface area contributed by atoms with Crippen molar-refractivity contribution in [2.24, 2.45) is 0 Å². The monoisotopic (exact) mass is 414 g/mol. The quantitative estimate of drug-likeness (QED) is 0.388. The molecule has 1 amide bonds. The second kappa shape index (κ2) is 8.44. The summed E-state index contributed by atoms with van der Waals surface area (Å²) >= 11 is 0. The number of rotatable bonds is 5. The van der Waals surface area contributed by atoms with E-state index in [4.69, 9.17) is 4.74 Å². The van der Waals surface area contributed by atoms with E-state index >= 15 is 0 Å². The minimum atomic E-state index is -0.701. The molecule has 0 aliphatic carbocycles. The SMILES string of the molecule is COc1ccc(C(O)=C2C(=O)C(=O)N(Cc3ccncc3)[C@H]2c2ccc(C)cc2)cc1. The molecule has 1 N–H and O–H groups in total. The number of aryl methyl sites for hydroxylation is 1. The van der Waals surface area contributed by atoms with E-state index in [1.54, 1.807) is 55.9 Å². The third-order valence-corrected chi connectivity index (χ3v) is 5.40. The molecule has 6 nitrogen and oxygen atoms in total. The lowest BCUT2D eigenvalue weighted by Gasteiger charge is -2.25. The number of pyridine rings is 1. The summed E-state index contributed by atoms with van der Waals surface area (Å²) < 4.78 is 5.17. The second-order valence-corrected chi connectivity index (χ2v) is 7.42. The van der Waals surface area contributed by atoms with Crippen molar-refractivity contribution in [2.45, 2.75) is 19.5 Å². The molecule has 0 bridgehead atoms. The summed E-state index contributed by atoms with van der Waals surface area (Å²) in [5.41, 5.74) is 3.19. The second-order valence-electron chi connectivity index (χ2n) is 7.42. The minimum absolute atomic E-state index is 0.0769. The predicted octanol–water partition coefficient (Wildman–Crippen LogP) is 4.02. The Kier molecular flexibility index (Phi) is 5.54. The van der Waals surface area contributed by atoms with Crippen LogP contribution in [0.5, 0.6) is 5.75 Å². The first-order valence-electron chi connectivity index (χ1n) is 9.88. The number of amides is 1. The van der Waals surface area contributed by atoms with Gasteiger partial charge in [-0.15, -0.1) is 0 Å². The fraction of sp³-hybridized carbons (Fsp3) is 0.160. The molecule has 6 heteroatoms. The first-order chi connectivity index (χ1) is 15.0. The van der Waals surface area contributed by atoms with Crippen molar-refractivity contribution < 1.29 is 19.4 Å². The fourth-order valence-corrected chi connectivity index (χ4v) is 3.73. The molecule has 3 aromatic rings. The first-order valence-corrected chi connectivity index (χ1v) is 9.88. The van der Waals surface area contributed by atoms with Crippen LogP contribution in [0.15, 0.2) is 78.6 Å². The van der Waals surface area contributed by atoms with Crippen molar-refractivity contribution in [1.82, 2.24) is 9.88 Å². The molecular weight excluding hydrogens is 392 g/mol. The lowest BCUT2D eigenvalue weighted by atomic mass is 9.94. The van der Waals surface area contributed by atoms with Gasteiger partial charge in [-0.25, -0.2) is 0 Å². The number of ether oxygens (including phenoxy) is 1. The number of carbonyl (C=O) groups is 2. The van der Waals surface area contributed by atoms with E-state index in [2.05, 4.69) is 4.98 Å². The molecule has 0 spiro atoms. The smallest absolute Gasteiger partial charge is 0.295 e. The number of hydrogen-bond acceptors (Lipinski definition) is 5. The number of likely N-dealkylation sites (tertiary alicyclic amines) is 1. The van der Waals surface area contributed by atoms with Crippen molar-refractivity contribution >= 4 is 17.4 Å². The molecule has 1 fully saturated rings. The van der Waals surface area contributed by atoms with Crippen LogP contribution in [0.4, 0.5) is 0 Å². The zero-order chi connectivity index (χ0) is 22.0. The first kappa shape index (κ1) is 20.3. The summed E-state index contributed by atoms with van der Waals surface area (Å²) in [6, 6.07) is 17.2. The Morgan fingerprint density at radius 1 is 1.00 bits per heavy atom. The molecule has 0 saturated carbocycles. The lowest BCUT2D eigenvalue weighted by Crippen LogP contribution is -2.29. The minimum Gasteiger partial charge on any atom is -0.507 e. The summed E-state index contributed by atoms with van der Waals surface area (Å²) in [4.78, 5) is 31.6. The van der Waals surface area contributed by atoms with Crippen LogP contribution in [0.1, 0.15) is 28.3 Å². The maximum absolute atomic E-state index is 13.0. The van der Waals surface area contributed by atoms with E-state index in [0.717, 1.165) is 16.7 Å². The molecule has 0 unspecified atom stereocenters. The number of hydrogen-bond donors (Lipinski definition) is 1. The maximum Gasteiger partial charge on any atom is 0.295 e. The van der Waals surface area contributed by atoms with Crippen molar-refractivity contribution in [3.63, 3.8) is 0 Å². The van der Waals surface area contributed by atoms with Gasteiger partial charge in [0.25, 0.3) is 11.7 Å². The Labute approximate surface area is 180 Å². The van der Waals surface area contributed by atoms with Crippen LogP contribution in [0.2, 0.25) is 0 Å². The van der Waals surface area contributed by atoms with Gasteiger partial charge in [-0.3, -0.25) is 14.6 Å². The summed E-state index contributed by atoms with van der Waals surface area (Å²) in [6.45, 7) is 2.19. The van der Waals surface area contributed by atoms with Gasteiger partial charge in [-0.2, -0.15) is 0 Å². The number of carbonyl (C=O) groups excluding carboxylic acids is 2. The van der Waals surface area contributed by atoms with E-state index in [1.165, 1.54) is 4.90 Å². The van der Waals surface area contributed by atoms with E-state index in [0.29, 0.717) is 11.3 Å². The Morgan fingerprint density at radius 2 is 1.65 bits per heavy atom. The van der Waals surface area contributed by atoms with Crippen molar-refractivity contribution in [3.8, 4) is 5.75 Å². The molecule has 1 atom stereocenters. The summed E-state index contributed by atoms with van der Waals surface area (Å²) in [7, 11) is 1.55. The van der Waals surface area contributed by atoms with E-state index < -0.39 is 17.7 Å². The Bertz CT molecular complexity index is 1140. The van der Waals surface area contributed by atoms with Crippen LogP contribution in [0, 0.1) is 6.92 Å². The molecule has 1 aromatic heterocycles. The highest BCUT2D eigenvalue weighted by molar-refractivity contribution is 6.46. The van der Waals surface area contributed by atoms with Gasteiger partial charge in [0.1, 0.15) is 11.5 Å². The normalized spacial score (nSPS) is 17.7. The van der Waals surface area contributed by atoms with Crippen LogP contribution in [0.3, 0.4) is 0 Å². The number of ketones is 1. The molecule has 1 aliphatic rings. The van der Waals surface area contributed by atoms with Crippen LogP contribution >= 0.6 is 0 Å².